The van der Waals surface area contributed by atoms with Crippen LogP contribution in [0.1, 0.15) is 24.2 Å². The molecule has 0 heterocycles. The van der Waals surface area contributed by atoms with Crippen LogP contribution in [-0.4, -0.2) is 24.6 Å². The van der Waals surface area contributed by atoms with E-state index < -0.39 is 18.0 Å². The third-order valence-corrected chi connectivity index (χ3v) is 1.91. The van der Waals surface area contributed by atoms with Gasteiger partial charge < -0.3 is 9.47 Å². The average molecular weight is 222 g/mol. The van der Waals surface area contributed by atoms with E-state index in [1.807, 2.05) is 0 Å². The molecule has 0 aromatic heterocycles. The van der Waals surface area contributed by atoms with Crippen LogP contribution in [0.15, 0.2) is 30.3 Å². The lowest BCUT2D eigenvalue weighted by Crippen LogP contribution is -2.26. The first-order chi connectivity index (χ1) is 7.65. The Morgan fingerprint density at radius 3 is 2.44 bits per heavy atom. The van der Waals surface area contributed by atoms with E-state index in [1.54, 1.807) is 37.3 Å². The van der Waals surface area contributed by atoms with Crippen molar-refractivity contribution in [3.05, 3.63) is 35.9 Å². The fourth-order valence-corrected chi connectivity index (χ4v) is 1.11. The largest absolute Gasteiger partial charge is 0.463 e. The second-order valence-corrected chi connectivity index (χ2v) is 3.17. The predicted octanol–water partition coefficient (Wildman–Crippen LogP) is 1.79. The first-order valence-corrected chi connectivity index (χ1v) is 5.07. The van der Waals surface area contributed by atoms with Crippen molar-refractivity contribution in [2.75, 3.05) is 6.61 Å². The van der Waals surface area contributed by atoms with Crippen molar-refractivity contribution in [3.8, 4) is 0 Å². The molecule has 0 N–H and O–H groups in total. The Morgan fingerprint density at radius 1 is 1.25 bits per heavy atom. The van der Waals surface area contributed by atoms with Crippen LogP contribution in [0.4, 0.5) is 0 Å². The molecule has 86 valence electrons. The van der Waals surface area contributed by atoms with E-state index in [1.165, 1.54) is 6.92 Å². The summed E-state index contributed by atoms with van der Waals surface area (Å²) in [5.74, 6) is -1.06. The molecule has 0 fully saturated rings. The van der Waals surface area contributed by atoms with Gasteiger partial charge in [-0.25, -0.2) is 9.59 Å². The lowest BCUT2D eigenvalue weighted by molar-refractivity contribution is -0.152. The van der Waals surface area contributed by atoms with Crippen molar-refractivity contribution < 1.29 is 19.1 Å². The maximum absolute atomic E-state index is 11.5. The second kappa shape index (κ2) is 5.90. The Kier molecular flexibility index (Phi) is 4.51. The van der Waals surface area contributed by atoms with Gasteiger partial charge in [0.25, 0.3) is 0 Å². The number of ether oxygens (including phenoxy) is 2. The van der Waals surface area contributed by atoms with Crippen LogP contribution in [0.2, 0.25) is 0 Å². The van der Waals surface area contributed by atoms with Crippen molar-refractivity contribution in [2.45, 2.75) is 20.0 Å². The lowest BCUT2D eigenvalue weighted by atomic mass is 10.2. The molecule has 0 radical (unpaired) electrons. The topological polar surface area (TPSA) is 52.6 Å². The Hall–Kier alpha value is -1.84. The highest BCUT2D eigenvalue weighted by atomic mass is 16.6. The van der Waals surface area contributed by atoms with Gasteiger partial charge in [-0.1, -0.05) is 18.2 Å². The first kappa shape index (κ1) is 12.2. The van der Waals surface area contributed by atoms with E-state index >= 15 is 0 Å². The van der Waals surface area contributed by atoms with E-state index in [2.05, 4.69) is 0 Å². The number of rotatable bonds is 4. The van der Waals surface area contributed by atoms with Gasteiger partial charge in [-0.05, 0) is 26.0 Å². The number of hydrogen-bond acceptors (Lipinski definition) is 4. The van der Waals surface area contributed by atoms with Crippen LogP contribution in [0.25, 0.3) is 0 Å². The van der Waals surface area contributed by atoms with Gasteiger partial charge in [-0.2, -0.15) is 0 Å². The zero-order valence-corrected chi connectivity index (χ0v) is 9.30. The van der Waals surface area contributed by atoms with E-state index in [4.69, 9.17) is 9.47 Å². The molecule has 0 aliphatic rings. The molecule has 1 aromatic carbocycles. The Morgan fingerprint density at radius 2 is 1.88 bits per heavy atom. The molecular formula is C12H14O4. The minimum atomic E-state index is -0.882. The molecule has 0 bridgehead atoms. The number of benzene rings is 1. The number of hydrogen-bond donors (Lipinski definition) is 0. The molecule has 16 heavy (non-hydrogen) atoms. The van der Waals surface area contributed by atoms with E-state index in [0.29, 0.717) is 5.56 Å². The Bertz CT molecular complexity index is 359. The molecule has 0 amide bonds. The summed E-state index contributed by atoms with van der Waals surface area (Å²) in [5, 5.41) is 0. The zero-order chi connectivity index (χ0) is 12.0. The van der Waals surface area contributed by atoms with Crippen molar-refractivity contribution in [2.24, 2.45) is 0 Å². The number of carbonyl (C=O) groups excluding carboxylic acids is 2. The average Bonchev–Trinajstić information content (AvgIpc) is 2.30. The third kappa shape index (κ3) is 3.38. The molecule has 1 rings (SSSR count). The first-order valence-electron chi connectivity index (χ1n) is 5.07. The SMILES string of the molecule is CCOC(=O)C(C)OC(=O)c1ccccc1. The minimum absolute atomic E-state index is 0.270. The van der Waals surface area contributed by atoms with Gasteiger partial charge in [-0.15, -0.1) is 0 Å². The fraction of sp³-hybridized carbons (Fsp3) is 0.333. The van der Waals surface area contributed by atoms with Crippen LogP contribution >= 0.6 is 0 Å². The molecule has 4 nitrogen and oxygen atoms in total. The van der Waals surface area contributed by atoms with Crippen LogP contribution in [0.3, 0.4) is 0 Å². The monoisotopic (exact) mass is 222 g/mol. The number of carbonyl (C=O) groups is 2. The van der Waals surface area contributed by atoms with Crippen LogP contribution in [0, 0.1) is 0 Å². The summed E-state index contributed by atoms with van der Waals surface area (Å²) in [6.07, 6.45) is -0.882. The predicted molar refractivity (Wildman–Crippen MR) is 58.0 cm³/mol. The molecular weight excluding hydrogens is 208 g/mol. The molecule has 0 spiro atoms. The molecule has 1 atom stereocenters. The van der Waals surface area contributed by atoms with Crippen LogP contribution in [0.5, 0.6) is 0 Å². The zero-order valence-electron chi connectivity index (χ0n) is 9.30. The summed E-state index contributed by atoms with van der Waals surface area (Å²) >= 11 is 0. The normalized spacial score (nSPS) is 11.6. The van der Waals surface area contributed by atoms with Crippen molar-refractivity contribution in [1.82, 2.24) is 0 Å². The molecule has 0 saturated heterocycles. The van der Waals surface area contributed by atoms with Gasteiger partial charge in [0.15, 0.2) is 6.10 Å². The summed E-state index contributed by atoms with van der Waals surface area (Å²) in [6.45, 7) is 3.45. The highest BCUT2D eigenvalue weighted by molar-refractivity contribution is 5.91. The fourth-order valence-electron chi connectivity index (χ4n) is 1.11. The van der Waals surface area contributed by atoms with Crippen molar-refractivity contribution in [3.63, 3.8) is 0 Å². The summed E-state index contributed by atoms with van der Waals surface area (Å²) in [4.78, 5) is 22.7. The summed E-state index contributed by atoms with van der Waals surface area (Å²) < 4.78 is 9.66. The maximum atomic E-state index is 11.5. The minimum Gasteiger partial charge on any atom is -0.463 e. The Balaban J connectivity index is 2.55. The molecule has 0 aliphatic carbocycles. The maximum Gasteiger partial charge on any atom is 0.347 e. The van der Waals surface area contributed by atoms with Crippen molar-refractivity contribution >= 4 is 11.9 Å². The molecule has 0 saturated carbocycles. The molecule has 1 aromatic rings. The van der Waals surface area contributed by atoms with Crippen LogP contribution in [-0.2, 0) is 14.3 Å². The standard InChI is InChI=1S/C12H14O4/c1-3-15-11(13)9(2)16-12(14)10-7-5-4-6-8-10/h4-9H,3H2,1-2H3. The van der Waals surface area contributed by atoms with E-state index in [0.717, 1.165) is 0 Å². The van der Waals surface area contributed by atoms with Gasteiger partial charge in [0, 0.05) is 0 Å². The number of esters is 2. The molecule has 1 unspecified atom stereocenters. The summed E-state index contributed by atoms with van der Waals surface area (Å²) in [6, 6.07) is 8.50. The van der Waals surface area contributed by atoms with Gasteiger partial charge in [-0.3, -0.25) is 0 Å². The summed E-state index contributed by atoms with van der Waals surface area (Å²) in [7, 11) is 0. The lowest BCUT2D eigenvalue weighted by Gasteiger charge is -2.11. The third-order valence-electron chi connectivity index (χ3n) is 1.91. The van der Waals surface area contributed by atoms with Gasteiger partial charge in [0.2, 0.25) is 0 Å². The van der Waals surface area contributed by atoms with Gasteiger partial charge >= 0.3 is 11.9 Å². The van der Waals surface area contributed by atoms with Gasteiger partial charge in [0.1, 0.15) is 0 Å². The molecule has 0 aliphatic heterocycles. The van der Waals surface area contributed by atoms with Gasteiger partial charge in [0.05, 0.1) is 12.2 Å². The highest BCUT2D eigenvalue weighted by Gasteiger charge is 2.19. The second-order valence-electron chi connectivity index (χ2n) is 3.17. The Labute approximate surface area is 94.2 Å². The molecule has 4 heteroatoms. The van der Waals surface area contributed by atoms with Crippen LogP contribution < -0.4 is 0 Å². The van der Waals surface area contributed by atoms with E-state index in [9.17, 15) is 9.59 Å². The summed E-state index contributed by atoms with van der Waals surface area (Å²) in [5.41, 5.74) is 0.415. The van der Waals surface area contributed by atoms with Crippen molar-refractivity contribution in [1.29, 1.82) is 0 Å². The highest BCUT2D eigenvalue weighted by Crippen LogP contribution is 2.04. The smallest absolute Gasteiger partial charge is 0.347 e. The quantitative estimate of drug-likeness (QED) is 0.729. The van der Waals surface area contributed by atoms with E-state index in [-0.39, 0.29) is 6.61 Å².